The number of alkyl carbamates (subject to hydrolysis) is 1. The molecule has 1 rings (SSSR count). The van der Waals surface area contributed by atoms with Crippen molar-refractivity contribution in [3.63, 3.8) is 0 Å². The second-order valence-electron chi connectivity index (χ2n) is 6.55. The van der Waals surface area contributed by atoms with E-state index in [2.05, 4.69) is 10.6 Å². The summed E-state index contributed by atoms with van der Waals surface area (Å²) in [5.41, 5.74) is 0.124. The van der Waals surface area contributed by atoms with Crippen LogP contribution in [0.1, 0.15) is 49.5 Å². The van der Waals surface area contributed by atoms with Crippen LogP contribution >= 0.6 is 0 Å². The molecule has 7 nitrogen and oxygen atoms in total. The number of hydrogen-bond donors (Lipinski definition) is 4. The van der Waals surface area contributed by atoms with Gasteiger partial charge in [-0.15, -0.1) is 0 Å². The summed E-state index contributed by atoms with van der Waals surface area (Å²) in [7, 11) is 0. The van der Waals surface area contributed by atoms with Gasteiger partial charge in [0.1, 0.15) is 17.1 Å². The predicted octanol–water partition coefficient (Wildman–Crippen LogP) is 2.44. The Kier molecular flexibility index (Phi) is 6.88. The van der Waals surface area contributed by atoms with Crippen molar-refractivity contribution in [1.29, 1.82) is 0 Å². The third kappa shape index (κ3) is 6.76. The molecule has 0 saturated heterocycles. The maximum Gasteiger partial charge on any atom is 0.407 e. The lowest BCUT2D eigenvalue weighted by Crippen LogP contribution is -2.33. The number of hydrogen-bond acceptors (Lipinski definition) is 5. The average Bonchev–Trinajstić information content (AvgIpc) is 2.39. The first-order valence-corrected chi connectivity index (χ1v) is 7.88. The van der Waals surface area contributed by atoms with Crippen molar-refractivity contribution < 1.29 is 24.5 Å². The zero-order chi connectivity index (χ0) is 18.3. The molecule has 134 valence electrons. The molecule has 0 spiro atoms. The quantitative estimate of drug-likeness (QED) is 0.596. The summed E-state index contributed by atoms with van der Waals surface area (Å²) in [5, 5.41) is 24.5. The van der Waals surface area contributed by atoms with Crippen LogP contribution in [0.15, 0.2) is 12.1 Å². The number of carbonyl (C=O) groups excluding carboxylic acids is 2. The van der Waals surface area contributed by atoms with E-state index in [1.165, 1.54) is 6.07 Å². The molecule has 0 aliphatic carbocycles. The Morgan fingerprint density at radius 3 is 2.21 bits per heavy atom. The number of benzene rings is 1. The van der Waals surface area contributed by atoms with Crippen LogP contribution < -0.4 is 10.6 Å². The van der Waals surface area contributed by atoms with Crippen molar-refractivity contribution in [3.8, 4) is 11.5 Å². The molecule has 0 aliphatic heterocycles. The molecule has 0 fully saturated rings. The SMILES string of the molecule is Cc1cc(O)cc(O)c1C(=O)NCCCCNC(=O)OC(C)(C)C. The monoisotopic (exact) mass is 338 g/mol. The topological polar surface area (TPSA) is 108 Å². The fourth-order valence-electron chi connectivity index (χ4n) is 2.09. The van der Waals surface area contributed by atoms with Crippen LogP contribution in [-0.2, 0) is 4.74 Å². The predicted molar refractivity (Wildman–Crippen MR) is 90.3 cm³/mol. The van der Waals surface area contributed by atoms with Gasteiger partial charge in [-0.25, -0.2) is 4.79 Å². The van der Waals surface area contributed by atoms with Crippen molar-refractivity contribution in [1.82, 2.24) is 10.6 Å². The third-order valence-electron chi connectivity index (χ3n) is 3.08. The zero-order valence-electron chi connectivity index (χ0n) is 14.6. The fraction of sp³-hybridized carbons (Fsp3) is 0.529. The first-order chi connectivity index (χ1) is 11.1. The van der Waals surface area contributed by atoms with Gasteiger partial charge in [0.25, 0.3) is 5.91 Å². The molecule has 7 heteroatoms. The standard InChI is InChI=1S/C17H26N2O5/c1-11-9-12(20)10-13(21)14(11)15(22)18-7-5-6-8-19-16(23)24-17(2,3)4/h9-10,20-21H,5-8H2,1-4H3,(H,18,22)(H,19,23). The van der Waals surface area contributed by atoms with Gasteiger partial charge < -0.3 is 25.6 Å². The van der Waals surface area contributed by atoms with Gasteiger partial charge in [-0.05, 0) is 52.2 Å². The van der Waals surface area contributed by atoms with Gasteiger partial charge in [0.05, 0.1) is 5.56 Å². The lowest BCUT2D eigenvalue weighted by atomic mass is 10.1. The summed E-state index contributed by atoms with van der Waals surface area (Å²) in [6.07, 6.45) is 0.885. The Morgan fingerprint density at radius 2 is 1.67 bits per heavy atom. The van der Waals surface area contributed by atoms with Crippen molar-refractivity contribution >= 4 is 12.0 Å². The minimum Gasteiger partial charge on any atom is -0.508 e. The van der Waals surface area contributed by atoms with Gasteiger partial charge in [0.15, 0.2) is 0 Å². The normalized spacial score (nSPS) is 11.0. The highest BCUT2D eigenvalue weighted by atomic mass is 16.6. The maximum absolute atomic E-state index is 12.1. The summed E-state index contributed by atoms with van der Waals surface area (Å²) in [4.78, 5) is 23.5. The van der Waals surface area contributed by atoms with E-state index in [9.17, 15) is 19.8 Å². The molecule has 0 heterocycles. The summed E-state index contributed by atoms with van der Waals surface area (Å²) >= 11 is 0. The fourth-order valence-corrected chi connectivity index (χ4v) is 2.09. The Labute approximate surface area is 142 Å². The van der Waals surface area contributed by atoms with E-state index < -0.39 is 17.6 Å². The molecule has 1 aromatic rings. The van der Waals surface area contributed by atoms with E-state index in [0.717, 1.165) is 6.07 Å². The van der Waals surface area contributed by atoms with E-state index in [4.69, 9.17) is 4.74 Å². The van der Waals surface area contributed by atoms with Gasteiger partial charge in [-0.3, -0.25) is 4.79 Å². The highest BCUT2D eigenvalue weighted by Crippen LogP contribution is 2.26. The van der Waals surface area contributed by atoms with E-state index >= 15 is 0 Å². The van der Waals surface area contributed by atoms with E-state index in [1.807, 2.05) is 0 Å². The molecule has 0 bridgehead atoms. The largest absolute Gasteiger partial charge is 0.508 e. The van der Waals surface area contributed by atoms with Gasteiger partial charge >= 0.3 is 6.09 Å². The average molecular weight is 338 g/mol. The maximum atomic E-state index is 12.1. The molecule has 0 radical (unpaired) electrons. The van der Waals surface area contributed by atoms with E-state index in [1.54, 1.807) is 27.7 Å². The van der Waals surface area contributed by atoms with E-state index in [-0.39, 0.29) is 17.1 Å². The number of rotatable bonds is 6. The molecule has 0 atom stereocenters. The number of aromatic hydroxyl groups is 2. The number of amides is 2. The molecule has 0 unspecified atom stereocenters. The van der Waals surface area contributed by atoms with Gasteiger partial charge in [-0.1, -0.05) is 0 Å². The second kappa shape index (κ2) is 8.42. The van der Waals surface area contributed by atoms with Crippen LogP contribution in [-0.4, -0.2) is 40.9 Å². The van der Waals surface area contributed by atoms with Crippen molar-refractivity contribution in [2.45, 2.75) is 46.1 Å². The molecule has 0 saturated carbocycles. The Hall–Kier alpha value is -2.44. The molecule has 24 heavy (non-hydrogen) atoms. The summed E-state index contributed by atoms with van der Waals surface area (Å²) in [6, 6.07) is 2.55. The lowest BCUT2D eigenvalue weighted by Gasteiger charge is -2.19. The molecule has 2 amide bonds. The first-order valence-electron chi connectivity index (χ1n) is 7.88. The Bertz CT molecular complexity index is 570. The second-order valence-corrected chi connectivity index (χ2v) is 6.55. The summed E-state index contributed by atoms with van der Waals surface area (Å²) in [5.74, 6) is -0.739. The highest BCUT2D eigenvalue weighted by Gasteiger charge is 2.16. The minimum atomic E-state index is -0.526. The minimum absolute atomic E-state index is 0.0882. The summed E-state index contributed by atoms with van der Waals surface area (Å²) < 4.78 is 5.11. The molecule has 4 N–H and O–H groups in total. The van der Waals surface area contributed by atoms with E-state index in [0.29, 0.717) is 31.5 Å². The van der Waals surface area contributed by atoms with Crippen LogP contribution in [0.25, 0.3) is 0 Å². The molecular formula is C17H26N2O5. The highest BCUT2D eigenvalue weighted by molar-refractivity contribution is 5.98. The number of carbonyl (C=O) groups is 2. The zero-order valence-corrected chi connectivity index (χ0v) is 14.6. The van der Waals surface area contributed by atoms with Crippen LogP contribution in [0, 0.1) is 6.92 Å². The van der Waals surface area contributed by atoms with Crippen molar-refractivity contribution in [2.24, 2.45) is 0 Å². The van der Waals surface area contributed by atoms with Gasteiger partial charge in [0, 0.05) is 19.2 Å². The molecule has 0 aliphatic rings. The van der Waals surface area contributed by atoms with Crippen LogP contribution in [0.4, 0.5) is 4.79 Å². The summed E-state index contributed by atoms with van der Waals surface area (Å²) in [6.45, 7) is 7.89. The van der Waals surface area contributed by atoms with Crippen LogP contribution in [0.5, 0.6) is 11.5 Å². The van der Waals surface area contributed by atoms with Gasteiger partial charge in [0.2, 0.25) is 0 Å². The number of ether oxygens (including phenoxy) is 1. The van der Waals surface area contributed by atoms with Crippen LogP contribution in [0.2, 0.25) is 0 Å². The Morgan fingerprint density at radius 1 is 1.08 bits per heavy atom. The lowest BCUT2D eigenvalue weighted by molar-refractivity contribution is 0.0526. The number of phenols is 2. The number of phenolic OH excluding ortho intramolecular Hbond substituents is 2. The molecule has 1 aromatic carbocycles. The molecular weight excluding hydrogens is 312 g/mol. The Balaban J connectivity index is 2.29. The van der Waals surface area contributed by atoms with Crippen molar-refractivity contribution in [3.05, 3.63) is 23.3 Å². The number of nitrogens with one attached hydrogen (secondary N) is 2. The molecule has 0 aromatic heterocycles. The van der Waals surface area contributed by atoms with Crippen LogP contribution in [0.3, 0.4) is 0 Å². The first kappa shape index (κ1) is 19.6. The third-order valence-corrected chi connectivity index (χ3v) is 3.08. The smallest absolute Gasteiger partial charge is 0.407 e. The number of unbranched alkanes of at least 4 members (excludes halogenated alkanes) is 1. The van der Waals surface area contributed by atoms with Gasteiger partial charge in [-0.2, -0.15) is 0 Å². The number of aryl methyl sites for hydroxylation is 1. The van der Waals surface area contributed by atoms with Crippen molar-refractivity contribution in [2.75, 3.05) is 13.1 Å².